The second kappa shape index (κ2) is 11.5. The van der Waals surface area contributed by atoms with Gasteiger partial charge in [-0.2, -0.15) is 0 Å². The van der Waals surface area contributed by atoms with Gasteiger partial charge in [0.1, 0.15) is 0 Å². The third kappa shape index (κ3) is 4.10. The summed E-state index contributed by atoms with van der Waals surface area (Å²) in [5.41, 5.74) is 10.6. The zero-order valence-corrected chi connectivity index (χ0v) is 30.9. The molecule has 13 aromatic rings. The molecule has 0 saturated carbocycles. The van der Waals surface area contributed by atoms with Crippen molar-refractivity contribution in [1.82, 2.24) is 8.97 Å². The van der Waals surface area contributed by atoms with Crippen molar-refractivity contribution in [3.8, 4) is 5.69 Å². The Bertz CT molecular complexity index is 3720. The maximum absolute atomic E-state index is 2.54. The van der Waals surface area contributed by atoms with E-state index < -0.39 is 0 Å². The van der Waals surface area contributed by atoms with Crippen LogP contribution in [0.2, 0.25) is 0 Å². The van der Waals surface area contributed by atoms with Gasteiger partial charge in [-0.05, 0) is 86.9 Å². The lowest BCUT2D eigenvalue weighted by Gasteiger charge is -2.28. The Balaban J connectivity index is 1.22. The first-order valence-corrected chi connectivity index (χ1v) is 19.7. The van der Waals surface area contributed by atoms with Crippen LogP contribution in [0.3, 0.4) is 0 Å². The van der Waals surface area contributed by atoms with Gasteiger partial charge >= 0.3 is 0 Å². The Morgan fingerprint density at radius 3 is 1.49 bits per heavy atom. The molecule has 3 nitrogen and oxygen atoms in total. The van der Waals surface area contributed by atoms with Gasteiger partial charge in [0, 0.05) is 43.7 Å². The molecule has 3 aromatic heterocycles. The summed E-state index contributed by atoms with van der Waals surface area (Å²) in [6.07, 6.45) is 0. The highest BCUT2D eigenvalue weighted by Crippen LogP contribution is 2.50. The van der Waals surface area contributed by atoms with E-state index in [1.807, 2.05) is 0 Å². The van der Waals surface area contributed by atoms with Gasteiger partial charge in [0.15, 0.2) is 0 Å². The summed E-state index contributed by atoms with van der Waals surface area (Å²) in [6.45, 7) is 0. The highest BCUT2D eigenvalue weighted by atomic mass is 15.2. The van der Waals surface area contributed by atoms with Crippen LogP contribution in [0.15, 0.2) is 200 Å². The minimum Gasteiger partial charge on any atom is -0.308 e. The van der Waals surface area contributed by atoms with Crippen molar-refractivity contribution in [2.45, 2.75) is 0 Å². The van der Waals surface area contributed by atoms with Crippen LogP contribution in [0.1, 0.15) is 0 Å². The number of benzene rings is 10. The molecular formula is C54H33N3. The molecule has 0 bridgehead atoms. The average Bonchev–Trinajstić information content (AvgIpc) is 3.93. The molecule has 3 heteroatoms. The molecule has 10 aromatic carbocycles. The van der Waals surface area contributed by atoms with Gasteiger partial charge in [0.05, 0.1) is 39.0 Å². The largest absolute Gasteiger partial charge is 0.308 e. The normalized spacial score (nSPS) is 12.2. The fourth-order valence-electron chi connectivity index (χ4n) is 10.1. The molecule has 0 N–H and O–H groups in total. The van der Waals surface area contributed by atoms with E-state index in [-0.39, 0.29) is 0 Å². The van der Waals surface area contributed by atoms with Gasteiger partial charge in [0.25, 0.3) is 0 Å². The molecule has 0 aliphatic heterocycles. The minimum absolute atomic E-state index is 1.11. The summed E-state index contributed by atoms with van der Waals surface area (Å²) in [7, 11) is 0. The number of hydrogen-bond acceptors (Lipinski definition) is 1. The Morgan fingerprint density at radius 1 is 0.298 bits per heavy atom. The second-order valence-electron chi connectivity index (χ2n) is 15.2. The fraction of sp³-hybridized carbons (Fsp3) is 0. The number of para-hydroxylation sites is 5. The molecule has 57 heavy (non-hydrogen) atoms. The fourth-order valence-corrected chi connectivity index (χ4v) is 10.1. The van der Waals surface area contributed by atoms with Crippen molar-refractivity contribution < 1.29 is 0 Å². The molecule has 0 aliphatic rings. The van der Waals surface area contributed by atoms with Gasteiger partial charge in [-0.25, -0.2) is 0 Å². The zero-order valence-electron chi connectivity index (χ0n) is 30.9. The molecule has 0 atom stereocenters. The molecule has 13 rings (SSSR count). The lowest BCUT2D eigenvalue weighted by Crippen LogP contribution is -2.12. The van der Waals surface area contributed by atoms with Crippen LogP contribution < -0.4 is 4.90 Å². The van der Waals surface area contributed by atoms with E-state index in [9.17, 15) is 0 Å². The van der Waals surface area contributed by atoms with E-state index >= 15 is 0 Å². The molecule has 0 unspecified atom stereocenters. The SMILES string of the molecule is c1ccc(-n2c3ccccc3c3cccc(N(c4ccc5c6ccccc6c6ccccc6c5c4)c4ccc5c6ccccc6n6c7ccccc7c4c56)c32)cc1. The first kappa shape index (κ1) is 30.7. The summed E-state index contributed by atoms with van der Waals surface area (Å²) in [5, 5.41) is 15.1. The number of aromatic nitrogens is 2. The summed E-state index contributed by atoms with van der Waals surface area (Å²) in [4.78, 5) is 2.54. The highest BCUT2D eigenvalue weighted by molar-refractivity contribution is 6.29. The van der Waals surface area contributed by atoms with E-state index in [2.05, 4.69) is 214 Å². The molecule has 0 spiro atoms. The Labute approximate surface area is 327 Å². The Hall–Kier alpha value is -7.62. The summed E-state index contributed by atoms with van der Waals surface area (Å²) >= 11 is 0. The van der Waals surface area contributed by atoms with Crippen molar-refractivity contribution >= 4 is 109 Å². The zero-order chi connectivity index (χ0) is 37.2. The van der Waals surface area contributed by atoms with E-state index in [4.69, 9.17) is 0 Å². The number of nitrogens with zero attached hydrogens (tertiary/aromatic N) is 3. The third-order valence-corrected chi connectivity index (χ3v) is 12.4. The maximum Gasteiger partial charge on any atom is 0.0782 e. The van der Waals surface area contributed by atoms with Gasteiger partial charge in [-0.3, -0.25) is 0 Å². The van der Waals surface area contributed by atoms with Gasteiger partial charge in [0.2, 0.25) is 0 Å². The number of fused-ring (bicyclic) bond motifs is 15. The Kier molecular flexibility index (Phi) is 6.16. The van der Waals surface area contributed by atoms with Crippen LogP contribution in [0.4, 0.5) is 17.1 Å². The number of hydrogen-bond donors (Lipinski definition) is 0. The topological polar surface area (TPSA) is 12.6 Å². The quantitative estimate of drug-likeness (QED) is 0.165. The summed E-state index contributed by atoms with van der Waals surface area (Å²) in [6, 6.07) is 73.8. The first-order chi connectivity index (χ1) is 28.3. The summed E-state index contributed by atoms with van der Waals surface area (Å²) < 4.78 is 4.94. The first-order valence-electron chi connectivity index (χ1n) is 19.7. The van der Waals surface area contributed by atoms with Crippen LogP contribution in [0, 0.1) is 0 Å². The van der Waals surface area contributed by atoms with E-state index in [1.165, 1.54) is 92.2 Å². The van der Waals surface area contributed by atoms with Crippen LogP contribution in [0.5, 0.6) is 0 Å². The van der Waals surface area contributed by atoms with Crippen LogP contribution in [-0.2, 0) is 0 Å². The lowest BCUT2D eigenvalue weighted by molar-refractivity contribution is 1.17. The molecular weight excluding hydrogens is 691 g/mol. The predicted octanol–water partition coefficient (Wildman–Crippen LogP) is 14.9. The molecule has 0 radical (unpaired) electrons. The van der Waals surface area contributed by atoms with E-state index in [1.54, 1.807) is 0 Å². The van der Waals surface area contributed by atoms with Gasteiger partial charge < -0.3 is 13.9 Å². The van der Waals surface area contributed by atoms with Crippen LogP contribution in [-0.4, -0.2) is 8.97 Å². The lowest BCUT2D eigenvalue weighted by atomic mass is 9.94. The smallest absolute Gasteiger partial charge is 0.0782 e. The van der Waals surface area contributed by atoms with Crippen LogP contribution >= 0.6 is 0 Å². The molecule has 0 aliphatic carbocycles. The highest BCUT2D eigenvalue weighted by Gasteiger charge is 2.27. The minimum atomic E-state index is 1.11. The van der Waals surface area contributed by atoms with Crippen molar-refractivity contribution in [2.75, 3.05) is 4.90 Å². The standard InChI is InChI=1S/C54H33N3/c1-2-15-34(16-3-1)56-47-25-11-8-21-41(47)43-24-14-28-51(53(43)56)55(35-29-30-40-38-19-5-4-17-36(38)37-18-6-7-20-39(37)46(40)33-35)50-32-31-44-42-22-9-12-26-48(42)57-49-27-13-10-23-45(49)52(50)54(44)57/h1-33H. The number of anilines is 3. The van der Waals surface area contributed by atoms with Crippen molar-refractivity contribution in [2.24, 2.45) is 0 Å². The van der Waals surface area contributed by atoms with Crippen LogP contribution in [0.25, 0.3) is 97.9 Å². The molecule has 0 fully saturated rings. The van der Waals surface area contributed by atoms with E-state index in [0.29, 0.717) is 0 Å². The second-order valence-corrected chi connectivity index (χ2v) is 15.2. The average molecular weight is 724 g/mol. The van der Waals surface area contributed by atoms with Crippen molar-refractivity contribution in [3.63, 3.8) is 0 Å². The summed E-state index contributed by atoms with van der Waals surface area (Å²) in [5.74, 6) is 0. The number of rotatable bonds is 4. The van der Waals surface area contributed by atoms with Crippen molar-refractivity contribution in [3.05, 3.63) is 200 Å². The molecule has 264 valence electrons. The monoisotopic (exact) mass is 723 g/mol. The molecule has 0 amide bonds. The third-order valence-electron chi connectivity index (χ3n) is 12.4. The molecule has 3 heterocycles. The Morgan fingerprint density at radius 2 is 0.789 bits per heavy atom. The van der Waals surface area contributed by atoms with Gasteiger partial charge in [-0.1, -0.05) is 146 Å². The predicted molar refractivity (Wildman–Crippen MR) is 243 cm³/mol. The molecule has 0 saturated heterocycles. The maximum atomic E-state index is 2.54. The van der Waals surface area contributed by atoms with E-state index in [0.717, 1.165) is 22.7 Å². The van der Waals surface area contributed by atoms with Crippen molar-refractivity contribution in [1.29, 1.82) is 0 Å². The van der Waals surface area contributed by atoms with Gasteiger partial charge in [-0.15, -0.1) is 0 Å².